The van der Waals surface area contributed by atoms with Crippen molar-refractivity contribution >= 4 is 11.9 Å². The Kier molecular flexibility index (Phi) is 6.37. The number of hydrogen-bond acceptors (Lipinski definition) is 3. The van der Waals surface area contributed by atoms with Crippen LogP contribution in [-0.2, 0) is 9.59 Å². The van der Waals surface area contributed by atoms with Crippen LogP contribution in [0.3, 0.4) is 0 Å². The Hall–Kier alpha value is -1.54. The van der Waals surface area contributed by atoms with Gasteiger partial charge in [0.25, 0.3) is 0 Å². The number of carboxylic acids is 1. The van der Waals surface area contributed by atoms with Crippen LogP contribution in [0.15, 0.2) is 0 Å². The molecule has 1 amide bonds. The highest BCUT2D eigenvalue weighted by atomic mass is 16.4. The maximum absolute atomic E-state index is 11.9. The summed E-state index contributed by atoms with van der Waals surface area (Å²) in [6, 6.07) is -0.0643. The first-order valence-electron chi connectivity index (χ1n) is 6.78. The molecule has 1 unspecified atom stereocenters. The summed E-state index contributed by atoms with van der Waals surface area (Å²) < 4.78 is 0. The van der Waals surface area contributed by atoms with E-state index >= 15 is 0 Å². The van der Waals surface area contributed by atoms with Gasteiger partial charge in [-0.3, -0.25) is 14.9 Å². The zero-order chi connectivity index (χ0) is 14.3. The smallest absolute Gasteiger partial charge is 0.306 e. The van der Waals surface area contributed by atoms with Crippen molar-refractivity contribution in [2.45, 2.75) is 38.6 Å². The second-order valence-electron chi connectivity index (χ2n) is 4.88. The molecule has 5 heteroatoms. The van der Waals surface area contributed by atoms with Crippen LogP contribution in [0.4, 0.5) is 0 Å². The average molecular weight is 266 g/mol. The van der Waals surface area contributed by atoms with Crippen molar-refractivity contribution in [1.29, 1.82) is 0 Å². The van der Waals surface area contributed by atoms with Gasteiger partial charge in [-0.1, -0.05) is 19.3 Å². The van der Waals surface area contributed by atoms with E-state index < -0.39 is 5.97 Å². The maximum atomic E-state index is 11.9. The van der Waals surface area contributed by atoms with Gasteiger partial charge in [0.15, 0.2) is 0 Å². The molecular weight excluding hydrogens is 244 g/mol. The van der Waals surface area contributed by atoms with Gasteiger partial charge in [-0.25, -0.2) is 0 Å². The van der Waals surface area contributed by atoms with Crippen molar-refractivity contribution < 1.29 is 14.7 Å². The number of amides is 1. The molecule has 1 atom stereocenters. The van der Waals surface area contributed by atoms with Crippen LogP contribution in [-0.4, -0.2) is 47.6 Å². The first-order valence-corrected chi connectivity index (χ1v) is 6.78. The number of terminal acetylenes is 1. The molecule has 1 fully saturated rings. The lowest BCUT2D eigenvalue weighted by molar-refractivity contribution is -0.145. The Morgan fingerprint density at radius 1 is 1.47 bits per heavy atom. The van der Waals surface area contributed by atoms with Gasteiger partial charge in [0.1, 0.15) is 0 Å². The molecular formula is C14H22N2O3. The van der Waals surface area contributed by atoms with Crippen LogP contribution >= 0.6 is 0 Å². The Morgan fingerprint density at radius 2 is 2.11 bits per heavy atom. The lowest BCUT2D eigenvalue weighted by Gasteiger charge is -2.30. The number of piperidine rings is 1. The Bertz CT molecular complexity index is 354. The second-order valence-corrected chi connectivity index (χ2v) is 4.88. The van der Waals surface area contributed by atoms with E-state index in [-0.39, 0.29) is 24.4 Å². The minimum absolute atomic E-state index is 0.000178. The molecule has 0 aliphatic carbocycles. The Balaban J connectivity index is 2.32. The van der Waals surface area contributed by atoms with E-state index in [1.807, 2.05) is 6.92 Å². The van der Waals surface area contributed by atoms with E-state index in [0.29, 0.717) is 25.9 Å². The van der Waals surface area contributed by atoms with Crippen LogP contribution in [0.2, 0.25) is 0 Å². The lowest BCUT2D eigenvalue weighted by Crippen LogP contribution is -2.45. The van der Waals surface area contributed by atoms with Gasteiger partial charge in [0, 0.05) is 13.1 Å². The van der Waals surface area contributed by atoms with Crippen LogP contribution in [0.1, 0.15) is 32.6 Å². The van der Waals surface area contributed by atoms with E-state index in [0.717, 1.165) is 12.8 Å². The van der Waals surface area contributed by atoms with Gasteiger partial charge in [-0.15, -0.1) is 6.42 Å². The molecule has 1 heterocycles. The van der Waals surface area contributed by atoms with Gasteiger partial charge in [-0.05, 0) is 19.3 Å². The van der Waals surface area contributed by atoms with Crippen molar-refractivity contribution in [3.63, 3.8) is 0 Å². The zero-order valence-electron chi connectivity index (χ0n) is 11.4. The number of hydrogen-bond donors (Lipinski definition) is 2. The highest BCUT2D eigenvalue weighted by molar-refractivity contribution is 5.79. The summed E-state index contributed by atoms with van der Waals surface area (Å²) >= 11 is 0. The van der Waals surface area contributed by atoms with Gasteiger partial charge in [0.05, 0.1) is 18.5 Å². The van der Waals surface area contributed by atoms with Crippen molar-refractivity contribution in [3.05, 3.63) is 0 Å². The van der Waals surface area contributed by atoms with Crippen LogP contribution in [0.5, 0.6) is 0 Å². The van der Waals surface area contributed by atoms with Crippen LogP contribution < -0.4 is 5.32 Å². The standard InChI is InChI=1S/C14H22N2O3/c1-3-5-12(4-2)15-10-13(17)16-8-6-11(7-9-16)14(18)19/h2,11-12,15H,3,5-10H2,1H3,(H,18,19). The third-order valence-electron chi connectivity index (χ3n) is 3.48. The first-order chi connectivity index (χ1) is 9.08. The predicted octanol–water partition coefficient (Wildman–Crippen LogP) is 0.701. The molecule has 2 N–H and O–H groups in total. The molecule has 106 valence electrons. The largest absolute Gasteiger partial charge is 0.481 e. The van der Waals surface area contributed by atoms with Crippen LogP contribution in [0.25, 0.3) is 0 Å². The molecule has 0 spiro atoms. The number of nitrogens with zero attached hydrogens (tertiary/aromatic N) is 1. The molecule has 0 aromatic rings. The molecule has 0 aromatic carbocycles. The monoisotopic (exact) mass is 266 g/mol. The molecule has 1 saturated heterocycles. The number of carboxylic acid groups (broad SMARTS) is 1. The number of aliphatic carboxylic acids is 1. The van der Waals surface area contributed by atoms with Crippen LogP contribution in [0, 0.1) is 18.3 Å². The third-order valence-corrected chi connectivity index (χ3v) is 3.48. The highest BCUT2D eigenvalue weighted by Gasteiger charge is 2.26. The van der Waals surface area contributed by atoms with Gasteiger partial charge < -0.3 is 10.0 Å². The fourth-order valence-corrected chi connectivity index (χ4v) is 2.23. The number of carbonyl (C=O) groups is 2. The average Bonchev–Trinajstić information content (AvgIpc) is 2.43. The quantitative estimate of drug-likeness (QED) is 0.694. The lowest BCUT2D eigenvalue weighted by atomic mass is 9.97. The Morgan fingerprint density at radius 3 is 2.58 bits per heavy atom. The number of nitrogens with one attached hydrogen (secondary N) is 1. The number of carbonyl (C=O) groups excluding carboxylic acids is 1. The van der Waals surface area contributed by atoms with Crippen molar-refractivity contribution in [3.8, 4) is 12.3 Å². The summed E-state index contributed by atoms with van der Waals surface area (Å²) in [5.74, 6) is 1.55. The molecule has 1 aliphatic heterocycles. The minimum atomic E-state index is -0.763. The van der Waals surface area contributed by atoms with Gasteiger partial charge >= 0.3 is 5.97 Å². The fraction of sp³-hybridized carbons (Fsp3) is 0.714. The van der Waals surface area contributed by atoms with E-state index in [1.165, 1.54) is 0 Å². The van der Waals surface area contributed by atoms with Crippen molar-refractivity contribution in [2.75, 3.05) is 19.6 Å². The third kappa shape index (κ3) is 4.92. The summed E-state index contributed by atoms with van der Waals surface area (Å²) in [4.78, 5) is 24.5. The maximum Gasteiger partial charge on any atom is 0.306 e. The second kappa shape index (κ2) is 7.80. The molecule has 0 aromatic heterocycles. The summed E-state index contributed by atoms with van der Waals surface area (Å²) in [6.07, 6.45) is 8.27. The molecule has 1 rings (SSSR count). The predicted molar refractivity (Wildman–Crippen MR) is 72.5 cm³/mol. The minimum Gasteiger partial charge on any atom is -0.481 e. The Labute approximate surface area is 114 Å². The summed E-state index contributed by atoms with van der Waals surface area (Å²) in [7, 11) is 0. The van der Waals surface area contributed by atoms with Gasteiger partial charge in [0.2, 0.25) is 5.91 Å². The zero-order valence-corrected chi connectivity index (χ0v) is 11.4. The summed E-state index contributed by atoms with van der Waals surface area (Å²) in [6.45, 7) is 3.31. The molecule has 0 saturated carbocycles. The molecule has 1 aliphatic rings. The topological polar surface area (TPSA) is 69.6 Å². The summed E-state index contributed by atoms with van der Waals surface area (Å²) in [5.41, 5.74) is 0. The van der Waals surface area contributed by atoms with E-state index in [2.05, 4.69) is 11.2 Å². The van der Waals surface area contributed by atoms with Crippen molar-refractivity contribution in [2.24, 2.45) is 5.92 Å². The number of likely N-dealkylation sites (tertiary alicyclic amines) is 1. The highest BCUT2D eigenvalue weighted by Crippen LogP contribution is 2.17. The molecule has 5 nitrogen and oxygen atoms in total. The SMILES string of the molecule is C#CC(CCC)NCC(=O)N1CCC(C(=O)O)CC1. The molecule has 0 bridgehead atoms. The normalized spacial score (nSPS) is 17.8. The number of rotatable bonds is 6. The van der Waals surface area contributed by atoms with E-state index in [1.54, 1.807) is 4.90 Å². The first kappa shape index (κ1) is 15.5. The summed E-state index contributed by atoms with van der Waals surface area (Å²) in [5, 5.41) is 12.0. The molecule has 0 radical (unpaired) electrons. The van der Waals surface area contributed by atoms with Gasteiger partial charge in [-0.2, -0.15) is 0 Å². The van der Waals surface area contributed by atoms with Crippen molar-refractivity contribution in [1.82, 2.24) is 10.2 Å². The molecule has 19 heavy (non-hydrogen) atoms. The van der Waals surface area contributed by atoms with E-state index in [4.69, 9.17) is 11.5 Å². The fourth-order valence-electron chi connectivity index (χ4n) is 2.23. The van der Waals surface area contributed by atoms with E-state index in [9.17, 15) is 9.59 Å².